The second-order valence-corrected chi connectivity index (χ2v) is 4.99. The summed E-state index contributed by atoms with van der Waals surface area (Å²) in [6.07, 6.45) is 5.24. The zero-order chi connectivity index (χ0) is 11.5. The SMILES string of the molecule is C(Cn1nnnc1CNC1CC1)OCC1CC1. The van der Waals surface area contributed by atoms with Gasteiger partial charge < -0.3 is 10.1 Å². The van der Waals surface area contributed by atoms with E-state index in [-0.39, 0.29) is 0 Å². The van der Waals surface area contributed by atoms with Gasteiger partial charge >= 0.3 is 0 Å². The highest BCUT2D eigenvalue weighted by Crippen LogP contribution is 2.28. The predicted octanol–water partition coefficient (Wildman–Crippen LogP) is 0.352. The number of nitrogens with one attached hydrogen (secondary N) is 1. The molecule has 17 heavy (non-hydrogen) atoms. The maximum atomic E-state index is 5.59. The third-order valence-electron chi connectivity index (χ3n) is 3.23. The molecule has 0 radical (unpaired) electrons. The van der Waals surface area contributed by atoms with Gasteiger partial charge in [0.2, 0.25) is 0 Å². The summed E-state index contributed by atoms with van der Waals surface area (Å²) in [6.45, 7) is 3.12. The molecule has 2 fully saturated rings. The highest BCUT2D eigenvalue weighted by Gasteiger charge is 2.22. The Balaban J connectivity index is 1.39. The van der Waals surface area contributed by atoms with Crippen LogP contribution in [0.4, 0.5) is 0 Å². The topological polar surface area (TPSA) is 64.9 Å². The van der Waals surface area contributed by atoms with Gasteiger partial charge in [-0.05, 0) is 42.0 Å². The van der Waals surface area contributed by atoms with E-state index in [1.807, 2.05) is 4.68 Å². The third-order valence-corrected chi connectivity index (χ3v) is 3.23. The Labute approximate surface area is 101 Å². The van der Waals surface area contributed by atoms with Crippen molar-refractivity contribution >= 4 is 0 Å². The van der Waals surface area contributed by atoms with Gasteiger partial charge in [-0.1, -0.05) is 0 Å². The zero-order valence-electron chi connectivity index (χ0n) is 10.0. The smallest absolute Gasteiger partial charge is 0.165 e. The molecule has 2 saturated carbocycles. The average molecular weight is 237 g/mol. The van der Waals surface area contributed by atoms with Crippen LogP contribution in [0.25, 0.3) is 0 Å². The van der Waals surface area contributed by atoms with Crippen LogP contribution in [0.2, 0.25) is 0 Å². The first kappa shape index (κ1) is 11.1. The number of tetrazole rings is 1. The molecular weight excluding hydrogens is 218 g/mol. The van der Waals surface area contributed by atoms with Crippen LogP contribution in [0, 0.1) is 5.92 Å². The first-order chi connectivity index (χ1) is 8.42. The fourth-order valence-electron chi connectivity index (χ4n) is 1.73. The summed E-state index contributed by atoms with van der Waals surface area (Å²) in [7, 11) is 0. The van der Waals surface area contributed by atoms with Gasteiger partial charge in [0.1, 0.15) is 0 Å². The molecule has 1 aromatic heterocycles. The van der Waals surface area contributed by atoms with Crippen molar-refractivity contribution in [3.8, 4) is 0 Å². The number of aromatic nitrogens is 4. The van der Waals surface area contributed by atoms with Crippen molar-refractivity contribution in [3.63, 3.8) is 0 Å². The van der Waals surface area contributed by atoms with E-state index in [4.69, 9.17) is 4.74 Å². The Kier molecular flexibility index (Phi) is 3.33. The van der Waals surface area contributed by atoms with E-state index in [2.05, 4.69) is 20.8 Å². The van der Waals surface area contributed by atoms with E-state index < -0.39 is 0 Å². The van der Waals surface area contributed by atoms with Gasteiger partial charge in [-0.15, -0.1) is 5.10 Å². The first-order valence-corrected chi connectivity index (χ1v) is 6.48. The molecule has 2 aliphatic carbocycles. The minimum Gasteiger partial charge on any atom is -0.379 e. The number of hydrogen-bond donors (Lipinski definition) is 1. The van der Waals surface area contributed by atoms with E-state index in [1.165, 1.54) is 25.7 Å². The maximum absolute atomic E-state index is 5.59. The van der Waals surface area contributed by atoms with Gasteiger partial charge in [-0.3, -0.25) is 0 Å². The maximum Gasteiger partial charge on any atom is 0.165 e. The lowest BCUT2D eigenvalue weighted by molar-refractivity contribution is 0.113. The van der Waals surface area contributed by atoms with Gasteiger partial charge in [-0.2, -0.15) is 0 Å². The van der Waals surface area contributed by atoms with Gasteiger partial charge in [0.05, 0.1) is 19.7 Å². The Bertz CT molecular complexity index is 358. The predicted molar refractivity (Wildman–Crippen MR) is 61.2 cm³/mol. The van der Waals surface area contributed by atoms with Crippen LogP contribution in [0.15, 0.2) is 0 Å². The first-order valence-electron chi connectivity index (χ1n) is 6.48. The van der Waals surface area contributed by atoms with Crippen LogP contribution in [0.1, 0.15) is 31.5 Å². The number of rotatable bonds is 8. The van der Waals surface area contributed by atoms with Crippen LogP contribution in [-0.2, 0) is 17.8 Å². The van der Waals surface area contributed by atoms with Crippen molar-refractivity contribution < 1.29 is 4.74 Å². The monoisotopic (exact) mass is 237 g/mol. The van der Waals surface area contributed by atoms with Gasteiger partial charge in [0, 0.05) is 12.6 Å². The molecule has 2 aliphatic rings. The Morgan fingerprint density at radius 2 is 2.18 bits per heavy atom. The van der Waals surface area contributed by atoms with Crippen molar-refractivity contribution in [1.82, 2.24) is 25.5 Å². The van der Waals surface area contributed by atoms with E-state index >= 15 is 0 Å². The van der Waals surface area contributed by atoms with E-state index in [0.29, 0.717) is 12.6 Å². The molecule has 1 aromatic rings. The summed E-state index contributed by atoms with van der Waals surface area (Å²) in [4.78, 5) is 0. The third kappa shape index (κ3) is 3.47. The van der Waals surface area contributed by atoms with Crippen molar-refractivity contribution in [2.24, 2.45) is 5.92 Å². The van der Waals surface area contributed by atoms with Crippen molar-refractivity contribution in [1.29, 1.82) is 0 Å². The van der Waals surface area contributed by atoms with Gasteiger partial charge in [0.25, 0.3) is 0 Å². The lowest BCUT2D eigenvalue weighted by atomic mass is 10.5. The summed E-state index contributed by atoms with van der Waals surface area (Å²) in [5.74, 6) is 1.73. The highest BCUT2D eigenvalue weighted by atomic mass is 16.5. The number of ether oxygens (including phenoxy) is 1. The highest BCUT2D eigenvalue weighted by molar-refractivity contribution is 4.86. The lowest BCUT2D eigenvalue weighted by Gasteiger charge is -2.06. The summed E-state index contributed by atoms with van der Waals surface area (Å²) in [6, 6.07) is 0.686. The van der Waals surface area contributed by atoms with Crippen molar-refractivity contribution in [2.75, 3.05) is 13.2 Å². The number of hydrogen-bond acceptors (Lipinski definition) is 5. The Morgan fingerprint density at radius 3 is 2.94 bits per heavy atom. The molecule has 1 heterocycles. The van der Waals surface area contributed by atoms with Gasteiger partial charge in [-0.25, -0.2) is 4.68 Å². The summed E-state index contributed by atoms with van der Waals surface area (Å²) < 4.78 is 7.42. The summed E-state index contributed by atoms with van der Waals surface area (Å²) in [5.41, 5.74) is 0. The Morgan fingerprint density at radius 1 is 1.29 bits per heavy atom. The molecule has 0 amide bonds. The standard InChI is InChI=1S/C11H19N5O/c1-2-9(1)8-17-6-5-16-11(13-14-15-16)7-12-10-3-4-10/h9-10,12H,1-8H2. The molecular formula is C11H19N5O. The van der Waals surface area contributed by atoms with Gasteiger partial charge in [0.15, 0.2) is 5.82 Å². The second-order valence-electron chi connectivity index (χ2n) is 4.99. The minimum atomic E-state index is 0.686. The second kappa shape index (κ2) is 5.10. The van der Waals surface area contributed by atoms with E-state index in [0.717, 1.165) is 31.4 Å². The fraction of sp³-hybridized carbons (Fsp3) is 0.909. The molecule has 0 saturated heterocycles. The van der Waals surface area contributed by atoms with Crippen LogP contribution in [0.3, 0.4) is 0 Å². The molecule has 94 valence electrons. The largest absolute Gasteiger partial charge is 0.379 e. The van der Waals surface area contributed by atoms with Crippen LogP contribution >= 0.6 is 0 Å². The normalized spacial score (nSPS) is 19.8. The van der Waals surface area contributed by atoms with Crippen molar-refractivity contribution in [3.05, 3.63) is 5.82 Å². The van der Waals surface area contributed by atoms with Crippen molar-refractivity contribution in [2.45, 2.75) is 44.8 Å². The van der Waals surface area contributed by atoms with Crippen LogP contribution in [-0.4, -0.2) is 39.5 Å². The quantitative estimate of drug-likeness (QED) is 0.661. The fourth-order valence-corrected chi connectivity index (χ4v) is 1.73. The lowest BCUT2D eigenvalue weighted by Crippen LogP contribution is -2.20. The summed E-state index contributed by atoms with van der Waals surface area (Å²) >= 11 is 0. The minimum absolute atomic E-state index is 0.686. The molecule has 0 bridgehead atoms. The van der Waals surface area contributed by atoms with Crippen LogP contribution in [0.5, 0.6) is 0 Å². The molecule has 0 aromatic carbocycles. The molecule has 3 rings (SSSR count). The van der Waals surface area contributed by atoms with Crippen LogP contribution < -0.4 is 5.32 Å². The zero-order valence-corrected chi connectivity index (χ0v) is 10.0. The molecule has 0 spiro atoms. The average Bonchev–Trinajstić information content (AvgIpc) is 3.24. The molecule has 0 aliphatic heterocycles. The van der Waals surface area contributed by atoms with E-state index in [9.17, 15) is 0 Å². The molecule has 1 N–H and O–H groups in total. The molecule has 0 atom stereocenters. The number of nitrogens with zero attached hydrogens (tertiary/aromatic N) is 4. The Hall–Kier alpha value is -1.01. The molecule has 0 unspecified atom stereocenters. The van der Waals surface area contributed by atoms with E-state index in [1.54, 1.807) is 0 Å². The summed E-state index contributed by atoms with van der Waals surface area (Å²) in [5, 5.41) is 15.1. The molecule has 6 heteroatoms. The molecule has 6 nitrogen and oxygen atoms in total.